The largest absolute Gasteiger partial charge is 0.275 e. The van der Waals surface area contributed by atoms with E-state index in [9.17, 15) is 0 Å². The number of halogens is 1. The Labute approximate surface area is 101 Å². The van der Waals surface area contributed by atoms with Gasteiger partial charge in [0, 0.05) is 5.02 Å². The molecule has 0 aliphatic heterocycles. The molecule has 0 atom stereocenters. The summed E-state index contributed by atoms with van der Waals surface area (Å²) in [4.78, 5) is 9.57. The summed E-state index contributed by atoms with van der Waals surface area (Å²) in [6.45, 7) is 6.57. The molecule has 0 saturated carbocycles. The number of hydroxylamine groups is 1. The molecule has 3 nitrogen and oxygen atoms in total. The molecule has 0 radical (unpaired) electrons. The van der Waals surface area contributed by atoms with Crippen molar-refractivity contribution in [3.8, 4) is 0 Å². The summed E-state index contributed by atoms with van der Waals surface area (Å²) in [7, 11) is 0. The fraction of sp³-hybridized carbons (Fsp3) is 0.417. The molecule has 0 aromatic heterocycles. The Morgan fingerprint density at radius 2 is 2.25 bits per heavy atom. The quantitative estimate of drug-likeness (QED) is 0.377. The first-order valence-electron chi connectivity index (χ1n) is 5.32. The Kier molecular flexibility index (Phi) is 5.29. The van der Waals surface area contributed by atoms with Crippen LogP contribution in [0.2, 0.25) is 5.02 Å². The van der Waals surface area contributed by atoms with Crippen molar-refractivity contribution in [2.24, 2.45) is 4.99 Å². The van der Waals surface area contributed by atoms with Gasteiger partial charge in [0.2, 0.25) is 0 Å². The van der Waals surface area contributed by atoms with E-state index in [1.54, 1.807) is 0 Å². The van der Waals surface area contributed by atoms with E-state index in [2.05, 4.69) is 17.4 Å². The summed E-state index contributed by atoms with van der Waals surface area (Å²) in [5, 5.41) is 0.726. The molecular formula is C12H17ClN2O. The van der Waals surface area contributed by atoms with E-state index in [4.69, 9.17) is 16.4 Å². The highest BCUT2D eigenvalue weighted by Crippen LogP contribution is 2.22. The van der Waals surface area contributed by atoms with Crippen LogP contribution < -0.4 is 5.48 Å². The molecule has 0 aliphatic carbocycles. The van der Waals surface area contributed by atoms with Crippen molar-refractivity contribution in [1.29, 1.82) is 0 Å². The first-order chi connectivity index (χ1) is 7.63. The van der Waals surface area contributed by atoms with Crippen LogP contribution in [0.25, 0.3) is 0 Å². The third-order valence-electron chi connectivity index (χ3n) is 1.97. The molecule has 0 bridgehead atoms. The van der Waals surface area contributed by atoms with E-state index in [0.717, 1.165) is 28.5 Å². The second kappa shape index (κ2) is 6.51. The van der Waals surface area contributed by atoms with E-state index in [1.165, 1.54) is 0 Å². The highest BCUT2D eigenvalue weighted by molar-refractivity contribution is 6.30. The summed E-state index contributed by atoms with van der Waals surface area (Å²) in [5.74, 6) is 0.735. The van der Waals surface area contributed by atoms with Crippen LogP contribution in [-0.4, -0.2) is 12.4 Å². The van der Waals surface area contributed by atoms with Gasteiger partial charge in [-0.25, -0.2) is 4.99 Å². The highest BCUT2D eigenvalue weighted by Gasteiger charge is 1.98. The van der Waals surface area contributed by atoms with Crippen molar-refractivity contribution in [1.82, 2.24) is 5.48 Å². The summed E-state index contributed by atoms with van der Waals surface area (Å²) in [6.07, 6.45) is 0.972. The fourth-order valence-corrected chi connectivity index (χ4v) is 1.43. The van der Waals surface area contributed by atoms with Gasteiger partial charge in [0.15, 0.2) is 0 Å². The second-order valence-corrected chi connectivity index (χ2v) is 4.01. The van der Waals surface area contributed by atoms with E-state index in [1.807, 2.05) is 32.0 Å². The zero-order valence-electron chi connectivity index (χ0n) is 9.88. The number of aryl methyl sites for hydroxylation is 1. The maximum atomic E-state index is 5.87. The molecule has 88 valence electrons. The Bertz CT molecular complexity index is 377. The number of hydrogen-bond acceptors (Lipinski definition) is 2. The molecule has 0 amide bonds. The smallest absolute Gasteiger partial charge is 0.123 e. The van der Waals surface area contributed by atoms with Gasteiger partial charge in [-0.3, -0.25) is 10.3 Å². The second-order valence-electron chi connectivity index (χ2n) is 3.58. The topological polar surface area (TPSA) is 33.6 Å². The van der Waals surface area contributed by atoms with E-state index < -0.39 is 0 Å². The van der Waals surface area contributed by atoms with Crippen LogP contribution in [0.4, 0.5) is 5.69 Å². The van der Waals surface area contributed by atoms with Crippen molar-refractivity contribution >= 4 is 23.1 Å². The molecule has 1 aromatic carbocycles. The Morgan fingerprint density at radius 1 is 1.50 bits per heavy atom. The van der Waals surface area contributed by atoms with Crippen LogP contribution in [0, 0.1) is 6.92 Å². The van der Waals surface area contributed by atoms with Crippen LogP contribution in [0.3, 0.4) is 0 Å². The van der Waals surface area contributed by atoms with Gasteiger partial charge >= 0.3 is 0 Å². The minimum atomic E-state index is 0.673. The van der Waals surface area contributed by atoms with E-state index in [-0.39, 0.29) is 0 Å². The minimum Gasteiger partial charge on any atom is -0.275 e. The van der Waals surface area contributed by atoms with Crippen LogP contribution >= 0.6 is 11.6 Å². The first-order valence-corrected chi connectivity index (χ1v) is 5.70. The van der Waals surface area contributed by atoms with Gasteiger partial charge in [-0.05, 0) is 44.0 Å². The molecule has 1 aromatic rings. The van der Waals surface area contributed by atoms with Crippen molar-refractivity contribution < 1.29 is 4.84 Å². The van der Waals surface area contributed by atoms with Gasteiger partial charge in [-0.1, -0.05) is 18.5 Å². The lowest BCUT2D eigenvalue weighted by molar-refractivity contribution is 0.0852. The summed E-state index contributed by atoms with van der Waals surface area (Å²) >= 11 is 5.87. The third kappa shape index (κ3) is 4.21. The predicted octanol–water partition coefficient (Wildman–Crippen LogP) is 3.63. The van der Waals surface area contributed by atoms with Gasteiger partial charge in [-0.15, -0.1) is 0 Å². The van der Waals surface area contributed by atoms with Gasteiger partial charge in [0.05, 0.1) is 12.3 Å². The van der Waals surface area contributed by atoms with Gasteiger partial charge in [0.1, 0.15) is 5.84 Å². The van der Waals surface area contributed by atoms with Crippen molar-refractivity contribution in [2.75, 3.05) is 6.61 Å². The molecule has 0 unspecified atom stereocenters. The lowest BCUT2D eigenvalue weighted by atomic mass is 10.2. The zero-order valence-corrected chi connectivity index (χ0v) is 10.6. The lowest BCUT2D eigenvalue weighted by Gasteiger charge is -2.06. The number of nitrogens with zero attached hydrogens (tertiary/aromatic N) is 1. The molecule has 16 heavy (non-hydrogen) atoms. The maximum absolute atomic E-state index is 5.87. The van der Waals surface area contributed by atoms with Crippen LogP contribution in [-0.2, 0) is 4.84 Å². The number of nitrogens with one attached hydrogen (secondary N) is 1. The molecule has 0 spiro atoms. The first kappa shape index (κ1) is 13.0. The SMILES string of the molecule is CCCONC(C)=Nc1ccc(Cl)cc1C. The molecule has 0 aliphatic rings. The minimum absolute atomic E-state index is 0.673. The monoisotopic (exact) mass is 240 g/mol. The number of rotatable bonds is 4. The predicted molar refractivity (Wildman–Crippen MR) is 68.3 cm³/mol. The standard InChI is InChI=1S/C12H17ClN2O/c1-4-7-16-15-10(3)14-12-6-5-11(13)8-9(12)2/h5-6,8H,4,7H2,1-3H3,(H,14,15). The lowest BCUT2D eigenvalue weighted by Crippen LogP contribution is -2.20. The van der Waals surface area contributed by atoms with Gasteiger partial charge < -0.3 is 0 Å². The summed E-state index contributed by atoms with van der Waals surface area (Å²) in [6, 6.07) is 5.61. The normalized spacial score (nSPS) is 11.6. The van der Waals surface area contributed by atoms with Crippen molar-refractivity contribution in [3.63, 3.8) is 0 Å². The summed E-state index contributed by atoms with van der Waals surface area (Å²) < 4.78 is 0. The maximum Gasteiger partial charge on any atom is 0.123 e. The Balaban J connectivity index is 2.66. The number of aliphatic imine (C=N–C) groups is 1. The average Bonchev–Trinajstić information content (AvgIpc) is 2.23. The molecule has 1 rings (SSSR count). The van der Waals surface area contributed by atoms with Gasteiger partial charge in [0.25, 0.3) is 0 Å². The number of benzene rings is 1. The third-order valence-corrected chi connectivity index (χ3v) is 2.21. The Hall–Kier alpha value is -1.06. The van der Waals surface area contributed by atoms with E-state index >= 15 is 0 Å². The summed E-state index contributed by atoms with van der Waals surface area (Å²) in [5.41, 5.74) is 4.73. The molecule has 0 heterocycles. The molecule has 4 heteroatoms. The van der Waals surface area contributed by atoms with Crippen molar-refractivity contribution in [2.45, 2.75) is 27.2 Å². The van der Waals surface area contributed by atoms with Crippen molar-refractivity contribution in [3.05, 3.63) is 28.8 Å². The Morgan fingerprint density at radius 3 is 2.88 bits per heavy atom. The average molecular weight is 241 g/mol. The highest BCUT2D eigenvalue weighted by atomic mass is 35.5. The molecular weight excluding hydrogens is 224 g/mol. The molecule has 0 saturated heterocycles. The molecule has 0 fully saturated rings. The van der Waals surface area contributed by atoms with E-state index in [0.29, 0.717) is 6.61 Å². The van der Waals surface area contributed by atoms with Gasteiger partial charge in [-0.2, -0.15) is 0 Å². The number of hydrogen-bond donors (Lipinski definition) is 1. The van der Waals surface area contributed by atoms with Crippen LogP contribution in [0.5, 0.6) is 0 Å². The fourth-order valence-electron chi connectivity index (χ4n) is 1.21. The number of amidine groups is 1. The van der Waals surface area contributed by atoms with Crippen LogP contribution in [0.1, 0.15) is 25.8 Å². The molecule has 1 N–H and O–H groups in total. The van der Waals surface area contributed by atoms with Crippen LogP contribution in [0.15, 0.2) is 23.2 Å². The zero-order chi connectivity index (χ0) is 12.0.